The van der Waals surface area contributed by atoms with Gasteiger partial charge in [-0.3, -0.25) is 9.78 Å². The second kappa shape index (κ2) is 5.42. The molecule has 0 unspecified atom stereocenters. The van der Waals surface area contributed by atoms with E-state index in [1.807, 2.05) is 24.3 Å². The van der Waals surface area contributed by atoms with Crippen molar-refractivity contribution in [1.82, 2.24) is 4.98 Å². The van der Waals surface area contributed by atoms with E-state index in [0.29, 0.717) is 10.7 Å². The number of benzene rings is 2. The number of fused-ring (bicyclic) bond motifs is 1. The minimum atomic E-state index is -0.418. The van der Waals surface area contributed by atoms with E-state index in [4.69, 9.17) is 11.6 Å². The smallest absolute Gasteiger partial charge is 0.259 e. The Balaban J connectivity index is 1.90. The Bertz CT molecular complexity index is 833. The quantitative estimate of drug-likeness (QED) is 0.755. The highest BCUT2D eigenvalue weighted by Crippen LogP contribution is 2.23. The maximum Gasteiger partial charge on any atom is 0.259 e. The molecule has 0 saturated heterocycles. The molecule has 0 fully saturated rings. The Morgan fingerprint density at radius 3 is 2.86 bits per heavy atom. The van der Waals surface area contributed by atoms with Crippen LogP contribution in [0.5, 0.6) is 5.75 Å². The lowest BCUT2D eigenvalue weighted by Gasteiger charge is -2.08. The van der Waals surface area contributed by atoms with E-state index in [9.17, 15) is 9.90 Å². The van der Waals surface area contributed by atoms with E-state index in [-0.39, 0.29) is 11.3 Å². The average molecular weight is 299 g/mol. The van der Waals surface area contributed by atoms with Crippen molar-refractivity contribution in [3.63, 3.8) is 0 Å². The van der Waals surface area contributed by atoms with E-state index in [1.165, 1.54) is 18.2 Å². The van der Waals surface area contributed by atoms with E-state index in [1.54, 1.807) is 12.3 Å². The SMILES string of the molecule is O=C(Nc1ccc2ncccc2c1)c1cc(Cl)ccc1O. The van der Waals surface area contributed by atoms with Gasteiger partial charge in [0, 0.05) is 22.3 Å². The van der Waals surface area contributed by atoms with E-state index in [2.05, 4.69) is 10.3 Å². The zero-order valence-corrected chi connectivity index (χ0v) is 11.6. The first kappa shape index (κ1) is 13.4. The lowest BCUT2D eigenvalue weighted by Crippen LogP contribution is -2.12. The fraction of sp³-hybridized carbons (Fsp3) is 0. The van der Waals surface area contributed by atoms with Crippen molar-refractivity contribution in [1.29, 1.82) is 0 Å². The van der Waals surface area contributed by atoms with E-state index in [0.717, 1.165) is 10.9 Å². The Morgan fingerprint density at radius 2 is 2.00 bits per heavy atom. The van der Waals surface area contributed by atoms with Gasteiger partial charge in [-0.15, -0.1) is 0 Å². The monoisotopic (exact) mass is 298 g/mol. The van der Waals surface area contributed by atoms with E-state index >= 15 is 0 Å². The Labute approximate surface area is 126 Å². The van der Waals surface area contributed by atoms with Crippen LogP contribution < -0.4 is 5.32 Å². The number of amides is 1. The third-order valence-electron chi connectivity index (χ3n) is 3.06. The zero-order valence-electron chi connectivity index (χ0n) is 10.9. The molecule has 1 aromatic heterocycles. The molecule has 0 atom stereocenters. The number of pyridine rings is 1. The molecule has 0 radical (unpaired) electrons. The first-order chi connectivity index (χ1) is 10.1. The second-order valence-electron chi connectivity index (χ2n) is 4.53. The molecule has 0 spiro atoms. The number of carbonyl (C=O) groups is 1. The van der Waals surface area contributed by atoms with Gasteiger partial charge in [0.2, 0.25) is 0 Å². The van der Waals surface area contributed by atoms with Gasteiger partial charge in [0.1, 0.15) is 5.75 Å². The van der Waals surface area contributed by atoms with Crippen LogP contribution in [0, 0.1) is 0 Å². The van der Waals surface area contributed by atoms with Gasteiger partial charge in [0.15, 0.2) is 0 Å². The number of halogens is 1. The van der Waals surface area contributed by atoms with Crippen LogP contribution in [0.1, 0.15) is 10.4 Å². The number of hydrogen-bond donors (Lipinski definition) is 2. The molecule has 104 valence electrons. The summed E-state index contributed by atoms with van der Waals surface area (Å²) in [5.74, 6) is -0.530. The number of aromatic nitrogens is 1. The number of aromatic hydroxyl groups is 1. The summed E-state index contributed by atoms with van der Waals surface area (Å²) < 4.78 is 0. The van der Waals surface area contributed by atoms with Gasteiger partial charge in [-0.1, -0.05) is 17.7 Å². The maximum absolute atomic E-state index is 12.2. The Hall–Kier alpha value is -2.59. The van der Waals surface area contributed by atoms with Crippen LogP contribution >= 0.6 is 11.6 Å². The maximum atomic E-state index is 12.2. The van der Waals surface area contributed by atoms with Crippen molar-refractivity contribution < 1.29 is 9.90 Å². The van der Waals surface area contributed by atoms with Gasteiger partial charge in [-0.05, 0) is 42.5 Å². The fourth-order valence-electron chi connectivity index (χ4n) is 2.04. The van der Waals surface area contributed by atoms with Crippen LogP contribution in [0.25, 0.3) is 10.9 Å². The lowest BCUT2D eigenvalue weighted by molar-refractivity contribution is 0.102. The molecule has 4 nitrogen and oxygen atoms in total. The number of nitrogens with one attached hydrogen (secondary N) is 1. The summed E-state index contributed by atoms with van der Waals surface area (Å²) in [7, 11) is 0. The summed E-state index contributed by atoms with van der Waals surface area (Å²) in [5.41, 5.74) is 1.61. The molecule has 1 amide bonds. The first-order valence-corrected chi connectivity index (χ1v) is 6.66. The van der Waals surface area contributed by atoms with Gasteiger partial charge in [0.05, 0.1) is 11.1 Å². The summed E-state index contributed by atoms with van der Waals surface area (Å²) in [6.07, 6.45) is 1.71. The summed E-state index contributed by atoms with van der Waals surface area (Å²) in [6, 6.07) is 13.5. The first-order valence-electron chi connectivity index (χ1n) is 6.28. The van der Waals surface area contributed by atoms with Crippen molar-refractivity contribution >= 4 is 34.1 Å². The molecule has 1 heterocycles. The lowest BCUT2D eigenvalue weighted by atomic mass is 10.1. The van der Waals surface area contributed by atoms with Gasteiger partial charge in [0.25, 0.3) is 5.91 Å². The van der Waals surface area contributed by atoms with Crippen molar-refractivity contribution in [2.45, 2.75) is 0 Å². The van der Waals surface area contributed by atoms with Crippen LogP contribution in [-0.4, -0.2) is 16.0 Å². The van der Waals surface area contributed by atoms with Crippen LogP contribution in [0.4, 0.5) is 5.69 Å². The molecule has 5 heteroatoms. The topological polar surface area (TPSA) is 62.2 Å². The Kier molecular flexibility index (Phi) is 3.46. The van der Waals surface area contributed by atoms with Crippen LogP contribution in [0.2, 0.25) is 5.02 Å². The molecule has 21 heavy (non-hydrogen) atoms. The van der Waals surface area contributed by atoms with Gasteiger partial charge in [-0.2, -0.15) is 0 Å². The van der Waals surface area contributed by atoms with Gasteiger partial charge < -0.3 is 10.4 Å². The number of carbonyl (C=O) groups excluding carboxylic acids is 1. The van der Waals surface area contributed by atoms with Gasteiger partial charge in [-0.25, -0.2) is 0 Å². The van der Waals surface area contributed by atoms with Crippen molar-refractivity contribution in [3.8, 4) is 5.75 Å². The third kappa shape index (κ3) is 2.80. The number of hydrogen-bond acceptors (Lipinski definition) is 3. The minimum absolute atomic E-state index is 0.112. The van der Waals surface area contributed by atoms with Crippen molar-refractivity contribution in [2.24, 2.45) is 0 Å². The number of rotatable bonds is 2. The van der Waals surface area contributed by atoms with Crippen molar-refractivity contribution in [3.05, 3.63) is 65.3 Å². The summed E-state index contributed by atoms with van der Waals surface area (Å²) in [6.45, 7) is 0. The van der Waals surface area contributed by atoms with Crippen LogP contribution in [-0.2, 0) is 0 Å². The third-order valence-corrected chi connectivity index (χ3v) is 3.30. The second-order valence-corrected chi connectivity index (χ2v) is 4.96. The molecule has 0 saturated carbocycles. The number of nitrogens with zero attached hydrogens (tertiary/aromatic N) is 1. The summed E-state index contributed by atoms with van der Waals surface area (Å²) >= 11 is 5.84. The highest BCUT2D eigenvalue weighted by Gasteiger charge is 2.12. The number of phenolic OH excluding ortho intramolecular Hbond substituents is 1. The summed E-state index contributed by atoms with van der Waals surface area (Å²) in [5, 5.41) is 13.8. The molecule has 0 bridgehead atoms. The molecule has 0 aliphatic heterocycles. The molecule has 3 rings (SSSR count). The minimum Gasteiger partial charge on any atom is -0.507 e. The molecule has 2 aromatic carbocycles. The fourth-order valence-corrected chi connectivity index (χ4v) is 2.21. The van der Waals surface area contributed by atoms with E-state index < -0.39 is 5.91 Å². The zero-order chi connectivity index (χ0) is 14.8. The standard InChI is InChI=1S/C16H11ClN2O2/c17-11-3-6-15(20)13(9-11)16(21)19-12-4-5-14-10(8-12)2-1-7-18-14/h1-9,20H,(H,19,21). The highest BCUT2D eigenvalue weighted by atomic mass is 35.5. The predicted molar refractivity (Wildman–Crippen MR) is 82.8 cm³/mol. The highest BCUT2D eigenvalue weighted by molar-refractivity contribution is 6.31. The van der Waals surface area contributed by atoms with Gasteiger partial charge >= 0.3 is 0 Å². The molecule has 0 aliphatic carbocycles. The normalized spacial score (nSPS) is 10.5. The predicted octanol–water partition coefficient (Wildman–Crippen LogP) is 3.85. The average Bonchev–Trinajstić information content (AvgIpc) is 2.49. The number of phenols is 1. The molecule has 2 N–H and O–H groups in total. The number of anilines is 1. The largest absolute Gasteiger partial charge is 0.507 e. The Morgan fingerprint density at radius 1 is 1.14 bits per heavy atom. The molecular formula is C16H11ClN2O2. The van der Waals surface area contributed by atoms with Crippen LogP contribution in [0.3, 0.4) is 0 Å². The van der Waals surface area contributed by atoms with Crippen molar-refractivity contribution in [2.75, 3.05) is 5.32 Å². The molecule has 0 aliphatic rings. The molecular weight excluding hydrogens is 288 g/mol. The molecule has 3 aromatic rings. The summed E-state index contributed by atoms with van der Waals surface area (Å²) in [4.78, 5) is 16.4. The van der Waals surface area contributed by atoms with Crippen LogP contribution in [0.15, 0.2) is 54.7 Å².